The van der Waals surface area contributed by atoms with Crippen LogP contribution in [0.3, 0.4) is 0 Å². The Morgan fingerprint density at radius 2 is 1.64 bits per heavy atom. The lowest BCUT2D eigenvalue weighted by Crippen LogP contribution is -2.16. The molecule has 0 unspecified atom stereocenters. The summed E-state index contributed by atoms with van der Waals surface area (Å²) < 4.78 is 24.2. The van der Waals surface area contributed by atoms with Crippen LogP contribution in [0.2, 0.25) is 0 Å². The first-order chi connectivity index (χ1) is 12.1. The maximum absolute atomic E-state index is 13.3. The number of nitrogens with one attached hydrogen (secondary N) is 1. The average Bonchev–Trinajstić information content (AvgIpc) is 2.61. The molecule has 1 aliphatic heterocycles. The summed E-state index contributed by atoms with van der Waals surface area (Å²) in [4.78, 5) is 11.6. The van der Waals surface area contributed by atoms with E-state index >= 15 is 0 Å². The number of hydrogen-bond donors (Lipinski definition) is 2. The second-order valence-electron chi connectivity index (χ2n) is 5.68. The number of aromatic carboxylic acids is 1. The molecule has 0 radical (unpaired) electrons. The molecule has 0 spiro atoms. The first-order valence-corrected chi connectivity index (χ1v) is 7.73. The van der Waals surface area contributed by atoms with Crippen molar-refractivity contribution in [1.29, 1.82) is 0 Å². The third-order valence-electron chi connectivity index (χ3n) is 3.99. The fraction of sp³-hybridized carbons (Fsp3) is 0.105. The fourth-order valence-corrected chi connectivity index (χ4v) is 2.82. The van der Waals surface area contributed by atoms with Crippen molar-refractivity contribution in [2.24, 2.45) is 0 Å². The Labute approximate surface area is 142 Å². The van der Waals surface area contributed by atoms with Crippen molar-refractivity contribution in [1.82, 2.24) is 0 Å². The van der Waals surface area contributed by atoms with Gasteiger partial charge in [-0.1, -0.05) is 12.1 Å². The van der Waals surface area contributed by atoms with Gasteiger partial charge in [0.1, 0.15) is 19.0 Å². The minimum Gasteiger partial charge on any atom is -0.486 e. The summed E-state index contributed by atoms with van der Waals surface area (Å²) in [7, 11) is 0. The Hall–Kier alpha value is -3.28. The van der Waals surface area contributed by atoms with E-state index in [1.807, 2.05) is 6.07 Å². The van der Waals surface area contributed by atoms with Gasteiger partial charge in [0.25, 0.3) is 0 Å². The van der Waals surface area contributed by atoms with Gasteiger partial charge in [-0.3, -0.25) is 0 Å². The number of halogens is 1. The van der Waals surface area contributed by atoms with Crippen LogP contribution in [0, 0.1) is 5.82 Å². The van der Waals surface area contributed by atoms with E-state index in [9.17, 15) is 14.3 Å². The molecule has 126 valence electrons. The smallest absolute Gasteiger partial charge is 0.337 e. The van der Waals surface area contributed by atoms with E-state index in [0.717, 1.165) is 10.8 Å². The van der Waals surface area contributed by atoms with E-state index in [2.05, 4.69) is 5.32 Å². The number of anilines is 2. The van der Waals surface area contributed by atoms with E-state index in [4.69, 9.17) is 9.47 Å². The third-order valence-corrected chi connectivity index (χ3v) is 3.99. The zero-order valence-electron chi connectivity index (χ0n) is 13.1. The lowest BCUT2D eigenvalue weighted by molar-refractivity contribution is 0.0697. The normalized spacial score (nSPS) is 12.8. The van der Waals surface area contributed by atoms with Crippen LogP contribution in [0.25, 0.3) is 10.8 Å². The monoisotopic (exact) mass is 339 g/mol. The molecular weight excluding hydrogens is 325 g/mol. The Bertz CT molecular complexity index is 987. The molecule has 1 heterocycles. The van der Waals surface area contributed by atoms with Crippen molar-refractivity contribution >= 4 is 28.1 Å². The average molecular weight is 339 g/mol. The molecule has 6 heteroatoms. The highest BCUT2D eigenvalue weighted by Gasteiger charge is 2.19. The number of benzene rings is 3. The lowest BCUT2D eigenvalue weighted by Gasteiger charge is -2.20. The van der Waals surface area contributed by atoms with E-state index < -0.39 is 5.97 Å². The number of hydrogen-bond acceptors (Lipinski definition) is 4. The van der Waals surface area contributed by atoms with Crippen LogP contribution >= 0.6 is 0 Å². The summed E-state index contributed by atoms with van der Waals surface area (Å²) in [6.45, 7) is 0.806. The fourth-order valence-electron chi connectivity index (χ4n) is 2.82. The first kappa shape index (κ1) is 15.3. The van der Waals surface area contributed by atoms with E-state index in [1.54, 1.807) is 24.3 Å². The van der Waals surface area contributed by atoms with Gasteiger partial charge in [0, 0.05) is 17.8 Å². The van der Waals surface area contributed by atoms with Gasteiger partial charge in [0.05, 0.1) is 11.3 Å². The Morgan fingerprint density at radius 3 is 2.40 bits per heavy atom. The highest BCUT2D eigenvalue weighted by atomic mass is 19.1. The van der Waals surface area contributed by atoms with Crippen molar-refractivity contribution in [2.75, 3.05) is 18.5 Å². The molecule has 3 aromatic rings. The van der Waals surface area contributed by atoms with Crippen LogP contribution in [0.1, 0.15) is 10.4 Å². The third kappa shape index (κ3) is 2.94. The molecule has 3 aromatic carbocycles. The van der Waals surface area contributed by atoms with Crippen LogP contribution in [0.15, 0.2) is 48.5 Å². The zero-order valence-corrected chi connectivity index (χ0v) is 13.1. The van der Waals surface area contributed by atoms with Gasteiger partial charge in [0.2, 0.25) is 0 Å². The highest BCUT2D eigenvalue weighted by Crippen LogP contribution is 2.37. The van der Waals surface area contributed by atoms with Gasteiger partial charge in [-0.25, -0.2) is 9.18 Å². The molecule has 0 fully saturated rings. The number of carboxylic acids is 1. The van der Waals surface area contributed by atoms with Crippen LogP contribution in [-0.2, 0) is 0 Å². The number of fused-ring (bicyclic) bond motifs is 2. The number of carboxylic acid groups (broad SMARTS) is 1. The second kappa shape index (κ2) is 5.98. The summed E-state index contributed by atoms with van der Waals surface area (Å²) in [6.07, 6.45) is 0. The van der Waals surface area contributed by atoms with Crippen molar-refractivity contribution in [3.05, 3.63) is 59.9 Å². The first-order valence-electron chi connectivity index (χ1n) is 7.73. The summed E-state index contributed by atoms with van der Waals surface area (Å²) in [6, 6.07) is 13.0. The van der Waals surface area contributed by atoms with Crippen LogP contribution in [-0.4, -0.2) is 24.3 Å². The number of rotatable bonds is 3. The molecule has 0 saturated carbocycles. The molecule has 0 atom stereocenters. The van der Waals surface area contributed by atoms with E-state index in [0.29, 0.717) is 36.1 Å². The van der Waals surface area contributed by atoms with Crippen molar-refractivity contribution < 1.29 is 23.8 Å². The van der Waals surface area contributed by atoms with Gasteiger partial charge in [0.15, 0.2) is 11.5 Å². The van der Waals surface area contributed by atoms with Crippen LogP contribution < -0.4 is 14.8 Å². The van der Waals surface area contributed by atoms with Crippen molar-refractivity contribution in [3.63, 3.8) is 0 Å². The van der Waals surface area contributed by atoms with Crippen LogP contribution in [0.4, 0.5) is 15.8 Å². The summed E-state index contributed by atoms with van der Waals surface area (Å²) in [5.41, 5.74) is 1.18. The second-order valence-corrected chi connectivity index (χ2v) is 5.68. The molecule has 0 saturated heterocycles. The van der Waals surface area contributed by atoms with Crippen LogP contribution in [0.5, 0.6) is 11.5 Å². The van der Waals surface area contributed by atoms with Gasteiger partial charge in [-0.05, 0) is 35.0 Å². The van der Waals surface area contributed by atoms with E-state index in [1.165, 1.54) is 18.2 Å². The van der Waals surface area contributed by atoms with Gasteiger partial charge in [-0.2, -0.15) is 0 Å². The number of ether oxygens (including phenoxy) is 2. The van der Waals surface area contributed by atoms with Gasteiger partial charge >= 0.3 is 5.97 Å². The molecule has 0 aromatic heterocycles. The van der Waals surface area contributed by atoms with Crippen molar-refractivity contribution in [3.8, 4) is 11.5 Å². The lowest BCUT2D eigenvalue weighted by atomic mass is 10.1. The molecule has 0 amide bonds. The summed E-state index contributed by atoms with van der Waals surface area (Å²) in [5, 5.41) is 14.2. The quantitative estimate of drug-likeness (QED) is 0.749. The predicted molar refractivity (Wildman–Crippen MR) is 91.6 cm³/mol. The van der Waals surface area contributed by atoms with E-state index in [-0.39, 0.29) is 11.4 Å². The Kier molecular flexibility index (Phi) is 3.65. The summed E-state index contributed by atoms with van der Waals surface area (Å²) in [5.74, 6) is -0.444. The molecular formula is C19H14FNO4. The Morgan fingerprint density at radius 1 is 0.960 bits per heavy atom. The topological polar surface area (TPSA) is 67.8 Å². The highest BCUT2D eigenvalue weighted by molar-refractivity contribution is 5.97. The predicted octanol–water partition coefficient (Wildman–Crippen LogP) is 4.19. The Balaban J connectivity index is 1.74. The summed E-state index contributed by atoms with van der Waals surface area (Å²) >= 11 is 0. The maximum atomic E-state index is 13.3. The molecule has 5 nitrogen and oxygen atoms in total. The van der Waals surface area contributed by atoms with Crippen molar-refractivity contribution in [2.45, 2.75) is 0 Å². The number of carbonyl (C=O) groups is 1. The molecule has 2 N–H and O–H groups in total. The molecule has 0 bridgehead atoms. The molecule has 1 aliphatic rings. The minimum atomic E-state index is -1.07. The SMILES string of the molecule is O=C(O)c1cc2c(cc1Nc1ccc3cc(F)ccc3c1)OCCO2. The largest absolute Gasteiger partial charge is 0.486 e. The maximum Gasteiger partial charge on any atom is 0.337 e. The zero-order chi connectivity index (χ0) is 17.4. The van der Waals surface area contributed by atoms with Gasteiger partial charge < -0.3 is 19.9 Å². The van der Waals surface area contributed by atoms with Gasteiger partial charge in [-0.15, -0.1) is 0 Å². The minimum absolute atomic E-state index is 0.0865. The molecule has 25 heavy (non-hydrogen) atoms. The molecule has 4 rings (SSSR count). The standard InChI is InChI=1S/C19H14FNO4/c20-13-3-1-12-8-14(4-2-11(12)7-13)21-16-10-18-17(24-5-6-25-18)9-15(16)19(22)23/h1-4,7-10,21H,5-6H2,(H,22,23). The molecule has 0 aliphatic carbocycles.